The van der Waals surface area contributed by atoms with Crippen LogP contribution in [-0.4, -0.2) is 43.8 Å². The fourth-order valence-electron chi connectivity index (χ4n) is 2.89. The second kappa shape index (κ2) is 6.12. The van der Waals surface area contributed by atoms with Crippen molar-refractivity contribution in [3.63, 3.8) is 0 Å². The van der Waals surface area contributed by atoms with Gasteiger partial charge in [0, 0.05) is 24.8 Å². The number of fused-ring (bicyclic) bond motifs is 1. The first-order valence-corrected chi connectivity index (χ1v) is 8.52. The number of hydrogen-bond donors (Lipinski definition) is 3. The minimum atomic E-state index is -0.0951. The first-order valence-electron chi connectivity index (χ1n) is 8.14. The van der Waals surface area contributed by atoms with E-state index in [2.05, 4.69) is 42.3 Å². The van der Waals surface area contributed by atoms with E-state index in [0.29, 0.717) is 27.8 Å². The summed E-state index contributed by atoms with van der Waals surface area (Å²) in [6.45, 7) is 3.84. The van der Waals surface area contributed by atoms with E-state index in [1.165, 1.54) is 0 Å². The maximum Gasteiger partial charge on any atom is 0.180 e. The van der Waals surface area contributed by atoms with E-state index < -0.39 is 0 Å². The average Bonchev–Trinajstić information content (AvgIpc) is 2.99. The summed E-state index contributed by atoms with van der Waals surface area (Å²) >= 11 is 6.08. The van der Waals surface area contributed by atoms with Gasteiger partial charge in [0.25, 0.3) is 0 Å². The second-order valence-corrected chi connectivity index (χ2v) is 6.96. The molecule has 9 heteroatoms. The van der Waals surface area contributed by atoms with Gasteiger partial charge in [0.15, 0.2) is 22.1 Å². The van der Waals surface area contributed by atoms with Crippen molar-refractivity contribution in [1.29, 1.82) is 0 Å². The summed E-state index contributed by atoms with van der Waals surface area (Å²) in [6, 6.07) is 3.63. The molecule has 0 bridgehead atoms. The van der Waals surface area contributed by atoms with E-state index in [1.807, 2.05) is 6.07 Å². The van der Waals surface area contributed by atoms with E-state index in [4.69, 9.17) is 17.3 Å². The SMILES string of the molecule is CC1(N)CCN(c2cnc3c(Nc4cccnc4Cl)n[nH]c3n2)CC1. The van der Waals surface area contributed by atoms with Crippen LogP contribution in [0.25, 0.3) is 11.2 Å². The Hall–Kier alpha value is -2.45. The van der Waals surface area contributed by atoms with Gasteiger partial charge < -0.3 is 16.0 Å². The lowest BCUT2D eigenvalue weighted by molar-refractivity contribution is 0.363. The molecule has 1 saturated heterocycles. The van der Waals surface area contributed by atoms with E-state index >= 15 is 0 Å². The largest absolute Gasteiger partial charge is 0.355 e. The van der Waals surface area contributed by atoms with Crippen LogP contribution in [0.5, 0.6) is 0 Å². The highest BCUT2D eigenvalue weighted by Gasteiger charge is 2.27. The Morgan fingerprint density at radius 1 is 1.32 bits per heavy atom. The summed E-state index contributed by atoms with van der Waals surface area (Å²) in [7, 11) is 0. The first kappa shape index (κ1) is 16.0. The van der Waals surface area contributed by atoms with Gasteiger partial charge in [0.1, 0.15) is 5.82 Å². The third-order valence-corrected chi connectivity index (χ3v) is 4.80. The molecule has 0 aromatic carbocycles. The molecule has 0 radical (unpaired) electrons. The van der Waals surface area contributed by atoms with Crippen LogP contribution in [0.4, 0.5) is 17.3 Å². The molecule has 3 aromatic heterocycles. The third-order valence-electron chi connectivity index (χ3n) is 4.50. The van der Waals surface area contributed by atoms with Gasteiger partial charge in [-0.15, -0.1) is 0 Å². The highest BCUT2D eigenvalue weighted by atomic mass is 35.5. The molecule has 25 heavy (non-hydrogen) atoms. The number of nitrogens with two attached hydrogens (primary N) is 1. The van der Waals surface area contributed by atoms with Gasteiger partial charge in [0.2, 0.25) is 0 Å². The molecule has 0 spiro atoms. The molecule has 4 N–H and O–H groups in total. The molecule has 8 nitrogen and oxygen atoms in total. The lowest BCUT2D eigenvalue weighted by atomic mass is 9.91. The van der Waals surface area contributed by atoms with Gasteiger partial charge in [-0.3, -0.25) is 5.10 Å². The van der Waals surface area contributed by atoms with Crippen LogP contribution in [0, 0.1) is 0 Å². The Balaban J connectivity index is 1.58. The molecule has 1 aliphatic rings. The Bertz CT molecular complexity index is 896. The highest BCUT2D eigenvalue weighted by Crippen LogP contribution is 2.27. The van der Waals surface area contributed by atoms with E-state index in [9.17, 15) is 0 Å². The molecule has 3 aromatic rings. The Morgan fingerprint density at radius 3 is 2.88 bits per heavy atom. The van der Waals surface area contributed by atoms with Crippen LogP contribution in [0.1, 0.15) is 19.8 Å². The smallest absolute Gasteiger partial charge is 0.180 e. The van der Waals surface area contributed by atoms with Crippen LogP contribution in [-0.2, 0) is 0 Å². The first-order chi connectivity index (χ1) is 12.0. The molecule has 4 heterocycles. The third kappa shape index (κ3) is 3.22. The lowest BCUT2D eigenvalue weighted by Gasteiger charge is -2.37. The monoisotopic (exact) mass is 358 g/mol. The van der Waals surface area contributed by atoms with Gasteiger partial charge in [-0.2, -0.15) is 5.10 Å². The molecule has 1 aliphatic heterocycles. The van der Waals surface area contributed by atoms with Crippen LogP contribution in [0.3, 0.4) is 0 Å². The summed E-state index contributed by atoms with van der Waals surface area (Å²) in [6.07, 6.45) is 5.27. The number of H-pyrrole nitrogens is 1. The van der Waals surface area contributed by atoms with Gasteiger partial charge in [0.05, 0.1) is 11.9 Å². The number of halogens is 1. The van der Waals surface area contributed by atoms with Crippen molar-refractivity contribution in [1.82, 2.24) is 25.1 Å². The van der Waals surface area contributed by atoms with Crippen molar-refractivity contribution in [2.75, 3.05) is 23.3 Å². The summed E-state index contributed by atoms with van der Waals surface area (Å²) in [5.41, 5.74) is 8.05. The molecule has 4 rings (SSSR count). The number of nitrogens with zero attached hydrogens (tertiary/aromatic N) is 5. The zero-order valence-electron chi connectivity index (χ0n) is 13.8. The normalized spacial score (nSPS) is 17.0. The van der Waals surface area contributed by atoms with Crippen molar-refractivity contribution in [3.05, 3.63) is 29.7 Å². The maximum atomic E-state index is 6.19. The van der Waals surface area contributed by atoms with Crippen LogP contribution in [0.2, 0.25) is 5.15 Å². The maximum absolute atomic E-state index is 6.19. The molecular formula is C16H19ClN8. The predicted molar refractivity (Wildman–Crippen MR) is 98.3 cm³/mol. The van der Waals surface area contributed by atoms with E-state index in [0.717, 1.165) is 31.7 Å². The molecule has 130 valence electrons. The number of piperidine rings is 1. The molecule has 0 amide bonds. The van der Waals surface area contributed by atoms with Crippen molar-refractivity contribution < 1.29 is 0 Å². The van der Waals surface area contributed by atoms with E-state index in [-0.39, 0.29) is 5.54 Å². The standard InChI is InChI=1S/C16H19ClN8/c1-16(18)4-7-25(8-5-16)11-9-20-12-14(23-24-15(12)22-11)21-10-3-2-6-19-13(10)17/h2-3,6,9H,4-5,7-8,18H2,1H3,(H2,21,22,23,24). The Labute approximate surface area is 149 Å². The molecule has 1 fully saturated rings. The van der Waals surface area contributed by atoms with Crippen LogP contribution >= 0.6 is 11.6 Å². The summed E-state index contributed by atoms with van der Waals surface area (Å²) in [5.74, 6) is 1.40. The van der Waals surface area contributed by atoms with Crippen LogP contribution in [0.15, 0.2) is 24.5 Å². The Kier molecular flexibility index (Phi) is 3.93. The van der Waals surface area contributed by atoms with E-state index in [1.54, 1.807) is 18.5 Å². The summed E-state index contributed by atoms with van der Waals surface area (Å²) in [4.78, 5) is 15.4. The van der Waals surface area contributed by atoms with Gasteiger partial charge in [-0.05, 0) is 31.9 Å². The fourth-order valence-corrected chi connectivity index (χ4v) is 3.05. The zero-order chi connectivity index (χ0) is 17.4. The Morgan fingerprint density at radius 2 is 2.12 bits per heavy atom. The van der Waals surface area contributed by atoms with Gasteiger partial charge in [-0.1, -0.05) is 11.6 Å². The predicted octanol–water partition coefficient (Wildman–Crippen LogP) is 2.46. The van der Waals surface area contributed by atoms with Crippen molar-refractivity contribution in [2.45, 2.75) is 25.3 Å². The number of aromatic nitrogens is 5. The average molecular weight is 359 g/mol. The van der Waals surface area contributed by atoms with Crippen molar-refractivity contribution in [3.8, 4) is 0 Å². The number of rotatable bonds is 3. The number of anilines is 3. The molecule has 0 aliphatic carbocycles. The minimum Gasteiger partial charge on any atom is -0.355 e. The molecule has 0 atom stereocenters. The highest BCUT2D eigenvalue weighted by molar-refractivity contribution is 6.32. The van der Waals surface area contributed by atoms with Crippen LogP contribution < -0.4 is 16.0 Å². The quantitative estimate of drug-likeness (QED) is 0.617. The summed E-state index contributed by atoms with van der Waals surface area (Å²) < 4.78 is 0. The summed E-state index contributed by atoms with van der Waals surface area (Å²) in [5, 5.41) is 10.7. The molecule has 0 unspecified atom stereocenters. The minimum absolute atomic E-state index is 0.0951. The van der Waals surface area contributed by atoms with Gasteiger partial charge in [-0.25, -0.2) is 15.0 Å². The number of pyridine rings is 1. The van der Waals surface area contributed by atoms with Crippen molar-refractivity contribution in [2.24, 2.45) is 5.73 Å². The second-order valence-electron chi connectivity index (χ2n) is 6.61. The van der Waals surface area contributed by atoms with Gasteiger partial charge >= 0.3 is 0 Å². The number of nitrogens with one attached hydrogen (secondary N) is 2. The molecule has 0 saturated carbocycles. The number of hydrogen-bond acceptors (Lipinski definition) is 7. The number of aromatic amines is 1. The fraction of sp³-hybridized carbons (Fsp3) is 0.375. The van der Waals surface area contributed by atoms with Crippen molar-refractivity contribution >= 4 is 40.1 Å². The molecular weight excluding hydrogens is 340 g/mol. The lowest BCUT2D eigenvalue weighted by Crippen LogP contribution is -2.48. The zero-order valence-corrected chi connectivity index (χ0v) is 14.6. The topological polar surface area (TPSA) is 109 Å².